The molecule has 0 unspecified atom stereocenters. The summed E-state index contributed by atoms with van der Waals surface area (Å²) in [6.45, 7) is 1.78. The summed E-state index contributed by atoms with van der Waals surface area (Å²) < 4.78 is 39.4. The topological polar surface area (TPSA) is 17.1 Å². The van der Waals surface area contributed by atoms with Crippen molar-refractivity contribution in [1.29, 1.82) is 0 Å². The number of carbonyl (C=O) groups is 1. The Morgan fingerprint density at radius 1 is 1.12 bits per heavy atom. The molecule has 0 aliphatic heterocycles. The lowest BCUT2D eigenvalue weighted by Crippen LogP contribution is -2.06. The van der Waals surface area contributed by atoms with Crippen LogP contribution in [0.3, 0.4) is 0 Å². The van der Waals surface area contributed by atoms with Gasteiger partial charge in [-0.25, -0.2) is 13.2 Å². The zero-order valence-corrected chi connectivity index (χ0v) is 9.58. The van der Waals surface area contributed by atoms with Gasteiger partial charge in [0.05, 0.1) is 10.4 Å². The molecule has 1 aromatic heterocycles. The maximum absolute atomic E-state index is 13.4. The van der Waals surface area contributed by atoms with Gasteiger partial charge >= 0.3 is 0 Å². The highest BCUT2D eigenvalue weighted by atomic mass is 32.1. The van der Waals surface area contributed by atoms with Crippen molar-refractivity contribution in [2.24, 2.45) is 0 Å². The SMILES string of the molecule is Cc1ccc(C(=O)c2c(F)cc(F)cc2F)s1. The van der Waals surface area contributed by atoms with Gasteiger partial charge in [-0.1, -0.05) is 0 Å². The van der Waals surface area contributed by atoms with Crippen molar-refractivity contribution in [3.05, 3.63) is 57.0 Å². The molecule has 2 aromatic rings. The first-order valence-corrected chi connectivity index (χ1v) is 5.56. The van der Waals surface area contributed by atoms with Gasteiger partial charge in [0.2, 0.25) is 5.78 Å². The van der Waals surface area contributed by atoms with Crippen LogP contribution in [0, 0.1) is 24.4 Å². The number of thiophene rings is 1. The molecule has 2 rings (SSSR count). The number of rotatable bonds is 2. The number of benzene rings is 1. The molecule has 1 nitrogen and oxygen atoms in total. The zero-order chi connectivity index (χ0) is 12.6. The standard InChI is InChI=1S/C12H7F3OS/c1-6-2-3-10(17-6)12(16)11-8(14)4-7(13)5-9(11)15/h2-5H,1H3. The number of aryl methyl sites for hydroxylation is 1. The van der Waals surface area contributed by atoms with E-state index in [1.54, 1.807) is 13.0 Å². The second-order valence-corrected chi connectivity index (χ2v) is 4.77. The van der Waals surface area contributed by atoms with E-state index >= 15 is 0 Å². The molecule has 0 N–H and O–H groups in total. The number of hydrogen-bond donors (Lipinski definition) is 0. The Balaban J connectivity index is 2.51. The van der Waals surface area contributed by atoms with Crippen LogP contribution >= 0.6 is 11.3 Å². The van der Waals surface area contributed by atoms with E-state index in [-0.39, 0.29) is 4.88 Å². The average Bonchev–Trinajstić information content (AvgIpc) is 2.63. The maximum atomic E-state index is 13.4. The Hall–Kier alpha value is -1.62. The van der Waals surface area contributed by atoms with Crippen molar-refractivity contribution in [2.75, 3.05) is 0 Å². The van der Waals surface area contributed by atoms with Crippen LogP contribution in [0.4, 0.5) is 13.2 Å². The summed E-state index contributed by atoms with van der Waals surface area (Å²) in [5.41, 5.74) is -0.715. The van der Waals surface area contributed by atoms with Crippen molar-refractivity contribution in [2.45, 2.75) is 6.92 Å². The lowest BCUT2D eigenvalue weighted by Gasteiger charge is -2.02. The molecule has 0 fully saturated rings. The molecule has 0 atom stereocenters. The Bertz CT molecular complexity index is 566. The average molecular weight is 256 g/mol. The highest BCUT2D eigenvalue weighted by Crippen LogP contribution is 2.23. The minimum absolute atomic E-state index is 0.229. The van der Waals surface area contributed by atoms with Crippen LogP contribution in [0.2, 0.25) is 0 Å². The van der Waals surface area contributed by atoms with E-state index in [0.29, 0.717) is 12.1 Å². The summed E-state index contributed by atoms with van der Waals surface area (Å²) >= 11 is 1.14. The van der Waals surface area contributed by atoms with E-state index < -0.39 is 28.8 Å². The van der Waals surface area contributed by atoms with Crippen molar-refractivity contribution < 1.29 is 18.0 Å². The largest absolute Gasteiger partial charge is 0.287 e. The van der Waals surface area contributed by atoms with Gasteiger partial charge in [0, 0.05) is 17.0 Å². The van der Waals surface area contributed by atoms with Gasteiger partial charge in [-0.05, 0) is 19.1 Å². The smallest absolute Gasteiger partial charge is 0.208 e. The fourth-order valence-corrected chi connectivity index (χ4v) is 2.25. The molecule has 1 aromatic carbocycles. The van der Waals surface area contributed by atoms with Crippen LogP contribution in [-0.2, 0) is 0 Å². The summed E-state index contributed by atoms with van der Waals surface area (Å²) in [5, 5.41) is 0. The summed E-state index contributed by atoms with van der Waals surface area (Å²) in [7, 11) is 0. The molecule has 0 saturated heterocycles. The van der Waals surface area contributed by atoms with Crippen molar-refractivity contribution >= 4 is 17.1 Å². The Morgan fingerprint density at radius 3 is 2.18 bits per heavy atom. The van der Waals surface area contributed by atoms with Gasteiger partial charge in [0.15, 0.2) is 0 Å². The van der Waals surface area contributed by atoms with E-state index in [0.717, 1.165) is 16.2 Å². The summed E-state index contributed by atoms with van der Waals surface area (Å²) in [6, 6.07) is 4.16. The first kappa shape index (κ1) is 11.9. The van der Waals surface area contributed by atoms with Gasteiger partial charge in [0.25, 0.3) is 0 Å². The Kier molecular flexibility index (Phi) is 3.02. The molecule has 0 saturated carbocycles. The summed E-state index contributed by atoms with van der Waals surface area (Å²) in [6.07, 6.45) is 0. The van der Waals surface area contributed by atoms with Crippen molar-refractivity contribution in [3.8, 4) is 0 Å². The van der Waals surface area contributed by atoms with Crippen molar-refractivity contribution in [3.63, 3.8) is 0 Å². The van der Waals surface area contributed by atoms with Gasteiger partial charge in [-0.15, -0.1) is 11.3 Å². The van der Waals surface area contributed by atoms with Gasteiger partial charge in [-0.2, -0.15) is 0 Å². The third-order valence-corrected chi connectivity index (χ3v) is 3.20. The van der Waals surface area contributed by atoms with E-state index in [2.05, 4.69) is 0 Å². The predicted molar refractivity (Wildman–Crippen MR) is 58.8 cm³/mol. The number of carbonyl (C=O) groups excluding carboxylic acids is 1. The van der Waals surface area contributed by atoms with E-state index in [9.17, 15) is 18.0 Å². The first-order chi connectivity index (χ1) is 7.99. The number of ketones is 1. The number of hydrogen-bond acceptors (Lipinski definition) is 2. The van der Waals surface area contributed by atoms with E-state index in [1.807, 2.05) is 0 Å². The summed E-state index contributed by atoms with van der Waals surface area (Å²) in [4.78, 5) is 12.9. The van der Waals surface area contributed by atoms with Crippen LogP contribution in [0.5, 0.6) is 0 Å². The van der Waals surface area contributed by atoms with E-state index in [4.69, 9.17) is 0 Å². The molecule has 0 aliphatic rings. The predicted octanol–water partition coefficient (Wildman–Crippen LogP) is 3.70. The highest BCUT2D eigenvalue weighted by Gasteiger charge is 2.21. The fraction of sp³-hybridized carbons (Fsp3) is 0.0833. The fourth-order valence-electron chi connectivity index (χ4n) is 1.44. The molecule has 1 heterocycles. The van der Waals surface area contributed by atoms with Crippen LogP contribution in [0.25, 0.3) is 0 Å². The van der Waals surface area contributed by atoms with Crippen LogP contribution < -0.4 is 0 Å². The minimum Gasteiger partial charge on any atom is -0.287 e. The van der Waals surface area contributed by atoms with Crippen LogP contribution in [0.15, 0.2) is 24.3 Å². The second kappa shape index (κ2) is 4.33. The molecule has 17 heavy (non-hydrogen) atoms. The molecule has 0 spiro atoms. The second-order valence-electron chi connectivity index (χ2n) is 3.48. The monoisotopic (exact) mass is 256 g/mol. The highest BCUT2D eigenvalue weighted by molar-refractivity contribution is 7.14. The van der Waals surface area contributed by atoms with Crippen molar-refractivity contribution in [1.82, 2.24) is 0 Å². The normalized spacial score (nSPS) is 10.6. The van der Waals surface area contributed by atoms with E-state index in [1.165, 1.54) is 6.07 Å². The van der Waals surface area contributed by atoms with Gasteiger partial charge in [-0.3, -0.25) is 4.79 Å². The van der Waals surface area contributed by atoms with Gasteiger partial charge in [0.1, 0.15) is 17.5 Å². The third kappa shape index (κ3) is 2.24. The third-order valence-electron chi connectivity index (χ3n) is 2.20. The molecule has 0 bridgehead atoms. The quantitative estimate of drug-likeness (QED) is 0.749. The minimum atomic E-state index is -1.18. The zero-order valence-electron chi connectivity index (χ0n) is 8.76. The molecule has 0 amide bonds. The lowest BCUT2D eigenvalue weighted by atomic mass is 10.1. The lowest BCUT2D eigenvalue weighted by molar-refractivity contribution is 0.103. The van der Waals surface area contributed by atoms with Crippen LogP contribution in [0.1, 0.15) is 20.1 Å². The molecule has 0 radical (unpaired) electrons. The molecular weight excluding hydrogens is 249 g/mol. The van der Waals surface area contributed by atoms with Gasteiger partial charge < -0.3 is 0 Å². The Labute approximate surface area is 99.5 Å². The molecular formula is C12H7F3OS. The molecule has 88 valence electrons. The molecule has 5 heteroatoms. The van der Waals surface area contributed by atoms with Crippen LogP contribution in [-0.4, -0.2) is 5.78 Å². The number of halogens is 3. The summed E-state index contributed by atoms with van der Waals surface area (Å²) in [5.74, 6) is -4.17. The Morgan fingerprint density at radius 2 is 1.71 bits per heavy atom. The first-order valence-electron chi connectivity index (χ1n) is 4.74. The maximum Gasteiger partial charge on any atom is 0.208 e. The molecule has 0 aliphatic carbocycles.